The molecule has 3 nitrogen and oxygen atoms in total. The fourth-order valence-electron chi connectivity index (χ4n) is 7.87. The zero-order valence-electron chi connectivity index (χ0n) is 25.4. The third kappa shape index (κ3) is 3.82. The second-order valence-corrected chi connectivity index (χ2v) is 12.3. The number of rotatable bonds is 4. The molecular weight excluding hydrogens is 558 g/mol. The maximum absolute atomic E-state index is 5.93. The van der Waals surface area contributed by atoms with E-state index in [4.69, 9.17) is 5.73 Å². The lowest BCUT2D eigenvalue weighted by atomic mass is 9.65. The summed E-state index contributed by atoms with van der Waals surface area (Å²) < 4.78 is 0. The van der Waals surface area contributed by atoms with Gasteiger partial charge in [0, 0.05) is 30.0 Å². The highest BCUT2D eigenvalue weighted by atomic mass is 15.2. The van der Waals surface area contributed by atoms with Crippen molar-refractivity contribution in [2.45, 2.75) is 12.0 Å². The van der Waals surface area contributed by atoms with Gasteiger partial charge in [0.25, 0.3) is 0 Å². The van der Waals surface area contributed by atoms with Crippen molar-refractivity contribution >= 4 is 22.6 Å². The van der Waals surface area contributed by atoms with Gasteiger partial charge >= 0.3 is 0 Å². The molecule has 0 unspecified atom stereocenters. The van der Waals surface area contributed by atoms with Crippen LogP contribution in [0.25, 0.3) is 27.8 Å². The maximum Gasteiger partial charge on any atom is 0.0901 e. The van der Waals surface area contributed by atoms with E-state index < -0.39 is 5.41 Å². The molecule has 0 aromatic heterocycles. The monoisotopic (exact) mass is 591 g/mol. The molecule has 3 aliphatic rings. The average Bonchev–Trinajstić information content (AvgIpc) is 3.42. The smallest absolute Gasteiger partial charge is 0.0901 e. The number of benzene rings is 6. The molecule has 2 heterocycles. The molecule has 0 atom stereocenters. The minimum absolute atomic E-state index is 0.480. The predicted octanol–water partition coefficient (Wildman–Crippen LogP) is 9.48. The molecule has 0 bridgehead atoms. The molecule has 6 aromatic rings. The molecule has 220 valence electrons. The number of nitrogens with one attached hydrogen (secondary N) is 1. The first-order chi connectivity index (χ1) is 22.8. The van der Waals surface area contributed by atoms with E-state index in [0.29, 0.717) is 6.54 Å². The fourth-order valence-corrected chi connectivity index (χ4v) is 7.87. The molecule has 0 saturated carbocycles. The van der Waals surface area contributed by atoms with Crippen LogP contribution in [0.2, 0.25) is 0 Å². The maximum atomic E-state index is 5.93. The summed E-state index contributed by atoms with van der Waals surface area (Å²) in [5, 5.41) is 3.88. The molecule has 1 spiro atoms. The van der Waals surface area contributed by atoms with Crippen LogP contribution in [0.4, 0.5) is 17.1 Å². The normalized spacial score (nSPS) is 15.2. The highest BCUT2D eigenvalue weighted by molar-refractivity contribution is 5.98. The first-order valence-electron chi connectivity index (χ1n) is 16.0. The third-order valence-electron chi connectivity index (χ3n) is 9.87. The number of nitrogens with zero attached hydrogens (tertiary/aromatic N) is 1. The number of dihydropyridines is 1. The van der Waals surface area contributed by atoms with Gasteiger partial charge in [0.1, 0.15) is 0 Å². The Hall–Kier alpha value is -5.64. The van der Waals surface area contributed by atoms with Crippen molar-refractivity contribution in [1.82, 2.24) is 5.32 Å². The van der Waals surface area contributed by atoms with Crippen LogP contribution in [0.15, 0.2) is 163 Å². The number of para-hydroxylation sites is 3. The fraction of sp³-hybridized carbons (Fsp3) is 0.0698. The van der Waals surface area contributed by atoms with Gasteiger partial charge < -0.3 is 16.0 Å². The van der Waals surface area contributed by atoms with Crippen LogP contribution in [0.1, 0.15) is 27.8 Å². The number of hydrogen-bond donors (Lipinski definition) is 2. The molecule has 2 aliphatic heterocycles. The number of nitrogens with two attached hydrogens (primary N) is 1. The van der Waals surface area contributed by atoms with Gasteiger partial charge in [-0.3, -0.25) is 0 Å². The van der Waals surface area contributed by atoms with Crippen LogP contribution in [-0.2, 0) is 12.0 Å². The highest BCUT2D eigenvalue weighted by Gasteiger charge is 2.53. The number of fused-ring (bicyclic) bond motifs is 8. The largest absolute Gasteiger partial charge is 0.383 e. The quantitative estimate of drug-likeness (QED) is 0.215. The SMILES string of the molecule is NCc1cccc(-c2ccc(-c3ccc4c(c3)C3(C5=C4C=CCN5)c4ccccc4N(c4ccccc4)c4ccccc43)cc2)c1. The Morgan fingerprint density at radius 1 is 0.587 bits per heavy atom. The van der Waals surface area contributed by atoms with E-state index in [9.17, 15) is 0 Å². The Labute approximate surface area is 270 Å². The molecule has 9 rings (SSSR count). The summed E-state index contributed by atoms with van der Waals surface area (Å²) in [6.45, 7) is 1.35. The third-order valence-corrected chi connectivity index (χ3v) is 9.87. The summed E-state index contributed by atoms with van der Waals surface area (Å²) in [5.74, 6) is 0. The van der Waals surface area contributed by atoms with Gasteiger partial charge in [-0.1, -0.05) is 121 Å². The molecule has 1 aliphatic carbocycles. The Bertz CT molecular complexity index is 2140. The van der Waals surface area contributed by atoms with Gasteiger partial charge in [-0.15, -0.1) is 0 Å². The van der Waals surface area contributed by atoms with Gasteiger partial charge in [-0.2, -0.15) is 0 Å². The molecule has 46 heavy (non-hydrogen) atoms. The van der Waals surface area contributed by atoms with Crippen molar-refractivity contribution in [1.29, 1.82) is 0 Å². The highest BCUT2D eigenvalue weighted by Crippen LogP contribution is 2.62. The average molecular weight is 592 g/mol. The molecular formula is C43H33N3. The van der Waals surface area contributed by atoms with Gasteiger partial charge in [0.05, 0.1) is 16.8 Å². The Morgan fingerprint density at radius 3 is 1.91 bits per heavy atom. The van der Waals surface area contributed by atoms with Crippen molar-refractivity contribution < 1.29 is 0 Å². The van der Waals surface area contributed by atoms with E-state index in [1.165, 1.54) is 67.2 Å². The van der Waals surface area contributed by atoms with Crippen LogP contribution >= 0.6 is 0 Å². The lowest BCUT2D eigenvalue weighted by molar-refractivity contribution is 0.659. The van der Waals surface area contributed by atoms with Crippen LogP contribution in [0.3, 0.4) is 0 Å². The molecule has 0 saturated heterocycles. The molecule has 3 N–H and O–H groups in total. The lowest BCUT2D eigenvalue weighted by Gasteiger charge is -2.46. The van der Waals surface area contributed by atoms with Crippen molar-refractivity contribution in [2.75, 3.05) is 11.4 Å². The Kier molecular flexibility index (Phi) is 6.09. The van der Waals surface area contributed by atoms with E-state index >= 15 is 0 Å². The number of hydrogen-bond acceptors (Lipinski definition) is 3. The summed E-state index contributed by atoms with van der Waals surface area (Å²) in [5.41, 5.74) is 22.7. The van der Waals surface area contributed by atoms with Crippen LogP contribution < -0.4 is 16.0 Å². The second kappa shape index (κ2) is 10.5. The van der Waals surface area contributed by atoms with E-state index in [2.05, 4.69) is 168 Å². The van der Waals surface area contributed by atoms with Crippen molar-refractivity contribution in [3.05, 3.63) is 191 Å². The summed E-state index contributed by atoms with van der Waals surface area (Å²) in [6, 6.07) is 53.2. The topological polar surface area (TPSA) is 41.3 Å². The van der Waals surface area contributed by atoms with E-state index in [1.807, 2.05) is 0 Å². The minimum atomic E-state index is -0.480. The summed E-state index contributed by atoms with van der Waals surface area (Å²) in [7, 11) is 0. The molecule has 0 radical (unpaired) electrons. The summed E-state index contributed by atoms with van der Waals surface area (Å²) >= 11 is 0. The van der Waals surface area contributed by atoms with Crippen molar-refractivity contribution in [3.63, 3.8) is 0 Å². The van der Waals surface area contributed by atoms with Crippen molar-refractivity contribution in [2.24, 2.45) is 5.73 Å². The number of anilines is 3. The summed E-state index contributed by atoms with van der Waals surface area (Å²) in [4.78, 5) is 2.43. The van der Waals surface area contributed by atoms with Gasteiger partial charge in [0.15, 0.2) is 0 Å². The summed E-state index contributed by atoms with van der Waals surface area (Å²) in [6.07, 6.45) is 4.56. The van der Waals surface area contributed by atoms with Gasteiger partial charge in [-0.25, -0.2) is 0 Å². The molecule has 3 heteroatoms. The first-order valence-corrected chi connectivity index (χ1v) is 16.0. The Morgan fingerprint density at radius 2 is 1.22 bits per heavy atom. The first kappa shape index (κ1) is 26.7. The minimum Gasteiger partial charge on any atom is -0.383 e. The molecule has 6 aromatic carbocycles. The van der Waals surface area contributed by atoms with E-state index in [1.54, 1.807) is 0 Å². The molecule has 0 fully saturated rings. The van der Waals surface area contributed by atoms with Gasteiger partial charge in [0.2, 0.25) is 0 Å². The zero-order chi connectivity index (χ0) is 30.7. The lowest BCUT2D eigenvalue weighted by Crippen LogP contribution is -2.41. The number of allylic oxidation sites excluding steroid dienone is 3. The van der Waals surface area contributed by atoms with Crippen LogP contribution in [-0.4, -0.2) is 6.54 Å². The second-order valence-electron chi connectivity index (χ2n) is 12.3. The zero-order valence-corrected chi connectivity index (χ0v) is 25.4. The van der Waals surface area contributed by atoms with Crippen LogP contribution in [0, 0.1) is 0 Å². The Balaban J connectivity index is 1.26. The van der Waals surface area contributed by atoms with E-state index in [0.717, 1.165) is 17.8 Å². The predicted molar refractivity (Wildman–Crippen MR) is 190 cm³/mol. The van der Waals surface area contributed by atoms with Gasteiger partial charge in [-0.05, 0) is 86.5 Å². The van der Waals surface area contributed by atoms with E-state index in [-0.39, 0.29) is 0 Å². The van der Waals surface area contributed by atoms with Crippen LogP contribution in [0.5, 0.6) is 0 Å². The standard InChI is InChI=1S/C43H33N3/c44-28-29-10-8-11-32(26-29)30-19-21-31(22-20-30)33-23-24-35-36-14-9-25-45-42(36)43(39(35)27-33)37-15-4-6-17-40(37)46(34-12-2-1-3-13-34)41-18-7-5-16-38(41)43/h1-24,26-27,45H,25,28,44H2. The van der Waals surface area contributed by atoms with Crippen molar-refractivity contribution in [3.8, 4) is 22.3 Å². The molecule has 0 amide bonds.